The van der Waals surface area contributed by atoms with Crippen LogP contribution >= 0.6 is 23.2 Å². The Morgan fingerprint density at radius 2 is 1.73 bits per heavy atom. The topological polar surface area (TPSA) is 78.7 Å². The van der Waals surface area contributed by atoms with E-state index in [2.05, 4.69) is 10.00 Å². The van der Waals surface area contributed by atoms with Crippen molar-refractivity contribution in [1.29, 1.82) is 0 Å². The van der Waals surface area contributed by atoms with Gasteiger partial charge in [-0.25, -0.2) is 0 Å². The maximum atomic E-state index is 12.5. The number of hydrogen-bond donors (Lipinski definition) is 1. The van der Waals surface area contributed by atoms with Crippen molar-refractivity contribution >= 4 is 35.1 Å². The van der Waals surface area contributed by atoms with Gasteiger partial charge < -0.3 is 10.0 Å². The van der Waals surface area contributed by atoms with E-state index in [1.165, 1.54) is 10.9 Å². The molecule has 0 atom stereocenters. The SMILES string of the molecule is O=C(O)Cn1ccc(C(=O)N2CCN(Cc3c(Cl)cccc3Cl)CC2)n1. The van der Waals surface area contributed by atoms with Crippen molar-refractivity contribution in [2.75, 3.05) is 26.2 Å². The Bertz CT molecular complexity index is 796. The summed E-state index contributed by atoms with van der Waals surface area (Å²) in [5.74, 6) is -1.19. The van der Waals surface area contributed by atoms with E-state index in [1.807, 2.05) is 18.2 Å². The van der Waals surface area contributed by atoms with Crippen LogP contribution in [0, 0.1) is 0 Å². The number of benzene rings is 1. The van der Waals surface area contributed by atoms with Crippen molar-refractivity contribution in [2.45, 2.75) is 13.1 Å². The lowest BCUT2D eigenvalue weighted by Gasteiger charge is -2.34. The van der Waals surface area contributed by atoms with Crippen molar-refractivity contribution in [1.82, 2.24) is 19.6 Å². The van der Waals surface area contributed by atoms with Gasteiger partial charge in [-0.05, 0) is 18.2 Å². The van der Waals surface area contributed by atoms with Crippen LogP contribution in [-0.2, 0) is 17.9 Å². The standard InChI is InChI=1S/C17H18Cl2N4O3/c18-13-2-1-3-14(19)12(13)10-21-6-8-22(9-7-21)17(26)15-4-5-23(20-15)11-16(24)25/h1-5H,6-11H2,(H,24,25). The molecule has 0 bridgehead atoms. The van der Waals surface area contributed by atoms with Crippen LogP contribution in [0.15, 0.2) is 30.5 Å². The fourth-order valence-electron chi connectivity index (χ4n) is 2.88. The van der Waals surface area contributed by atoms with E-state index in [0.717, 1.165) is 5.56 Å². The molecule has 0 spiro atoms. The van der Waals surface area contributed by atoms with Gasteiger partial charge in [-0.1, -0.05) is 29.3 Å². The summed E-state index contributed by atoms with van der Waals surface area (Å²) in [6, 6.07) is 6.99. The van der Waals surface area contributed by atoms with Crippen LogP contribution in [0.2, 0.25) is 10.0 Å². The second-order valence-corrected chi connectivity index (χ2v) is 6.88. The highest BCUT2D eigenvalue weighted by molar-refractivity contribution is 6.35. The molecule has 1 saturated heterocycles. The number of carboxylic acids is 1. The zero-order valence-corrected chi connectivity index (χ0v) is 15.4. The molecular weight excluding hydrogens is 379 g/mol. The predicted molar refractivity (Wildman–Crippen MR) is 97.5 cm³/mol. The number of aliphatic carboxylic acids is 1. The molecule has 2 aromatic rings. The number of carbonyl (C=O) groups is 2. The third kappa shape index (κ3) is 4.35. The second-order valence-electron chi connectivity index (χ2n) is 6.06. The molecule has 2 heterocycles. The molecule has 1 aromatic heterocycles. The minimum absolute atomic E-state index is 0.190. The lowest BCUT2D eigenvalue weighted by Crippen LogP contribution is -2.48. The first kappa shape index (κ1) is 18.7. The average Bonchev–Trinajstić information content (AvgIpc) is 3.06. The van der Waals surface area contributed by atoms with Crippen molar-refractivity contribution in [3.8, 4) is 0 Å². The highest BCUT2D eigenvalue weighted by Crippen LogP contribution is 2.26. The van der Waals surface area contributed by atoms with Crippen molar-refractivity contribution in [3.63, 3.8) is 0 Å². The Hall–Kier alpha value is -2.09. The number of piperazine rings is 1. The molecule has 0 unspecified atom stereocenters. The Balaban J connectivity index is 1.57. The number of aromatic nitrogens is 2. The molecule has 138 valence electrons. The molecule has 9 heteroatoms. The van der Waals surface area contributed by atoms with E-state index in [0.29, 0.717) is 42.8 Å². The number of amides is 1. The Kier molecular flexibility index (Phi) is 5.80. The molecule has 0 aliphatic carbocycles. The highest BCUT2D eigenvalue weighted by Gasteiger charge is 2.24. The average molecular weight is 397 g/mol. The van der Waals surface area contributed by atoms with Gasteiger partial charge in [0.25, 0.3) is 5.91 Å². The number of carbonyl (C=O) groups excluding carboxylic acids is 1. The zero-order chi connectivity index (χ0) is 18.7. The first-order valence-corrected chi connectivity index (χ1v) is 8.89. The zero-order valence-electron chi connectivity index (χ0n) is 13.9. The monoisotopic (exact) mass is 396 g/mol. The second kappa shape index (κ2) is 8.07. The van der Waals surface area contributed by atoms with Crippen LogP contribution in [-0.4, -0.2) is 62.7 Å². The summed E-state index contributed by atoms with van der Waals surface area (Å²) < 4.78 is 1.24. The lowest BCUT2D eigenvalue weighted by atomic mass is 10.2. The van der Waals surface area contributed by atoms with E-state index in [-0.39, 0.29) is 18.1 Å². The number of halogens is 2. The molecule has 1 N–H and O–H groups in total. The maximum absolute atomic E-state index is 12.5. The fraction of sp³-hybridized carbons (Fsp3) is 0.353. The Morgan fingerprint density at radius 3 is 2.35 bits per heavy atom. The normalized spacial score (nSPS) is 15.2. The van der Waals surface area contributed by atoms with E-state index in [1.54, 1.807) is 11.0 Å². The summed E-state index contributed by atoms with van der Waals surface area (Å²) in [6.07, 6.45) is 1.50. The van der Waals surface area contributed by atoms with Gasteiger partial charge in [0.05, 0.1) is 0 Å². The van der Waals surface area contributed by atoms with Gasteiger partial charge in [-0.15, -0.1) is 0 Å². The summed E-state index contributed by atoms with van der Waals surface area (Å²) in [6.45, 7) is 2.89. The summed E-state index contributed by atoms with van der Waals surface area (Å²) in [7, 11) is 0. The Morgan fingerprint density at radius 1 is 1.08 bits per heavy atom. The van der Waals surface area contributed by atoms with Gasteiger partial charge >= 0.3 is 5.97 Å². The lowest BCUT2D eigenvalue weighted by molar-refractivity contribution is -0.137. The summed E-state index contributed by atoms with van der Waals surface area (Å²) in [5, 5.41) is 14.1. The van der Waals surface area contributed by atoms with Gasteiger partial charge in [0, 0.05) is 54.5 Å². The third-order valence-electron chi connectivity index (χ3n) is 4.26. The Labute approximate surface area is 160 Å². The minimum atomic E-state index is -1.00. The van der Waals surface area contributed by atoms with Crippen LogP contribution in [0.5, 0.6) is 0 Å². The molecule has 26 heavy (non-hydrogen) atoms. The minimum Gasteiger partial charge on any atom is -0.480 e. The van der Waals surface area contributed by atoms with E-state index in [4.69, 9.17) is 28.3 Å². The quantitative estimate of drug-likeness (QED) is 0.837. The number of carboxylic acid groups (broad SMARTS) is 1. The number of rotatable bonds is 5. The first-order valence-electron chi connectivity index (χ1n) is 8.14. The molecule has 1 aliphatic rings. The molecule has 7 nitrogen and oxygen atoms in total. The van der Waals surface area contributed by atoms with Crippen LogP contribution in [0.3, 0.4) is 0 Å². The van der Waals surface area contributed by atoms with Crippen molar-refractivity contribution in [3.05, 3.63) is 51.8 Å². The van der Waals surface area contributed by atoms with Gasteiger partial charge in [0.1, 0.15) is 12.2 Å². The highest BCUT2D eigenvalue weighted by atomic mass is 35.5. The maximum Gasteiger partial charge on any atom is 0.325 e. The smallest absolute Gasteiger partial charge is 0.325 e. The van der Waals surface area contributed by atoms with E-state index >= 15 is 0 Å². The van der Waals surface area contributed by atoms with Crippen LogP contribution in [0.1, 0.15) is 16.1 Å². The van der Waals surface area contributed by atoms with Crippen LogP contribution < -0.4 is 0 Å². The van der Waals surface area contributed by atoms with Gasteiger partial charge in [0.15, 0.2) is 0 Å². The largest absolute Gasteiger partial charge is 0.480 e. The van der Waals surface area contributed by atoms with E-state index in [9.17, 15) is 9.59 Å². The first-order chi connectivity index (χ1) is 12.4. The molecule has 1 amide bonds. The predicted octanol–water partition coefficient (Wildman–Crippen LogP) is 2.23. The fourth-order valence-corrected chi connectivity index (χ4v) is 3.40. The molecule has 1 aliphatic heterocycles. The molecule has 1 fully saturated rings. The van der Waals surface area contributed by atoms with Gasteiger partial charge in [0.2, 0.25) is 0 Å². The molecular formula is C17H18Cl2N4O3. The van der Waals surface area contributed by atoms with Gasteiger partial charge in [-0.3, -0.25) is 19.2 Å². The number of nitrogens with zero attached hydrogens (tertiary/aromatic N) is 4. The number of hydrogen-bond acceptors (Lipinski definition) is 4. The van der Waals surface area contributed by atoms with Gasteiger partial charge in [-0.2, -0.15) is 5.10 Å². The third-order valence-corrected chi connectivity index (χ3v) is 4.97. The molecule has 3 rings (SSSR count). The summed E-state index contributed by atoms with van der Waals surface area (Å²) in [5.41, 5.74) is 1.15. The molecule has 0 saturated carbocycles. The van der Waals surface area contributed by atoms with Crippen molar-refractivity contribution < 1.29 is 14.7 Å². The van der Waals surface area contributed by atoms with Crippen molar-refractivity contribution in [2.24, 2.45) is 0 Å². The van der Waals surface area contributed by atoms with Crippen LogP contribution in [0.4, 0.5) is 0 Å². The summed E-state index contributed by atoms with van der Waals surface area (Å²) >= 11 is 12.4. The molecule has 1 aromatic carbocycles. The summed E-state index contributed by atoms with van der Waals surface area (Å²) in [4.78, 5) is 27.1. The molecule has 0 radical (unpaired) electrons. The van der Waals surface area contributed by atoms with E-state index < -0.39 is 5.97 Å². The van der Waals surface area contributed by atoms with Crippen LogP contribution in [0.25, 0.3) is 0 Å².